The monoisotopic (exact) mass is 387 g/mol. The van der Waals surface area contributed by atoms with Gasteiger partial charge in [0.15, 0.2) is 0 Å². The molecule has 2 heterocycles. The van der Waals surface area contributed by atoms with E-state index in [4.69, 9.17) is 10.5 Å². The molecule has 2 N–H and O–H groups in total. The van der Waals surface area contributed by atoms with Gasteiger partial charge in [-0.25, -0.2) is 0 Å². The van der Waals surface area contributed by atoms with E-state index < -0.39 is 0 Å². The van der Waals surface area contributed by atoms with Crippen LogP contribution in [0.2, 0.25) is 0 Å². The number of nitrogens with two attached hydrogens (primary N) is 1. The van der Waals surface area contributed by atoms with Crippen LogP contribution in [-0.4, -0.2) is 54.4 Å². The number of benzene rings is 1. The van der Waals surface area contributed by atoms with Gasteiger partial charge in [-0.2, -0.15) is 0 Å². The van der Waals surface area contributed by atoms with Crippen molar-refractivity contribution in [2.45, 2.75) is 57.5 Å². The van der Waals surface area contributed by atoms with Crippen molar-refractivity contribution in [3.63, 3.8) is 0 Å². The number of unbranched alkanes of at least 4 members (excludes halogenated alkanes) is 1. The van der Waals surface area contributed by atoms with Crippen LogP contribution in [0.4, 0.5) is 0 Å². The maximum Gasteiger partial charge on any atom is 0.228 e. The number of para-hydroxylation sites is 1. The number of likely N-dealkylation sites (tertiary alicyclic amines) is 2. The van der Waals surface area contributed by atoms with Crippen LogP contribution in [0.15, 0.2) is 24.3 Å². The summed E-state index contributed by atoms with van der Waals surface area (Å²) in [6.45, 7) is 4.20. The third-order valence-electron chi connectivity index (χ3n) is 6.09. The molecule has 28 heavy (non-hydrogen) atoms. The second-order valence-corrected chi connectivity index (χ2v) is 7.94. The van der Waals surface area contributed by atoms with Gasteiger partial charge >= 0.3 is 0 Å². The molecule has 0 aliphatic carbocycles. The minimum atomic E-state index is -0.271. The summed E-state index contributed by atoms with van der Waals surface area (Å²) in [4.78, 5) is 30.2. The van der Waals surface area contributed by atoms with Gasteiger partial charge in [-0.1, -0.05) is 31.5 Å². The van der Waals surface area contributed by atoms with Gasteiger partial charge in [0.25, 0.3) is 0 Å². The zero-order valence-corrected chi connectivity index (χ0v) is 17.1. The molecule has 1 aromatic carbocycles. The summed E-state index contributed by atoms with van der Waals surface area (Å²) in [5, 5.41) is 0. The lowest BCUT2D eigenvalue weighted by Gasteiger charge is -2.43. The van der Waals surface area contributed by atoms with Crippen molar-refractivity contribution < 1.29 is 14.3 Å². The second kappa shape index (κ2) is 9.41. The summed E-state index contributed by atoms with van der Waals surface area (Å²) in [5.74, 6) is 0.785. The van der Waals surface area contributed by atoms with Crippen molar-refractivity contribution in [3.8, 4) is 5.75 Å². The molecule has 6 nitrogen and oxygen atoms in total. The fourth-order valence-electron chi connectivity index (χ4n) is 4.45. The largest absolute Gasteiger partial charge is 0.496 e. The van der Waals surface area contributed by atoms with Gasteiger partial charge in [0.05, 0.1) is 19.1 Å². The van der Waals surface area contributed by atoms with Crippen LogP contribution < -0.4 is 10.5 Å². The van der Waals surface area contributed by atoms with E-state index in [-0.39, 0.29) is 29.8 Å². The Morgan fingerprint density at radius 2 is 1.93 bits per heavy atom. The van der Waals surface area contributed by atoms with Crippen LogP contribution in [0.3, 0.4) is 0 Å². The molecule has 154 valence electrons. The average Bonchev–Trinajstić information content (AvgIpc) is 2.72. The van der Waals surface area contributed by atoms with E-state index in [1.807, 2.05) is 34.1 Å². The van der Waals surface area contributed by atoms with E-state index in [9.17, 15) is 9.59 Å². The smallest absolute Gasteiger partial charge is 0.228 e. The molecule has 2 fully saturated rings. The molecule has 0 aromatic heterocycles. The number of carbonyl (C=O) groups excluding carboxylic acids is 2. The quantitative estimate of drug-likeness (QED) is 0.814. The highest BCUT2D eigenvalue weighted by molar-refractivity contribution is 5.85. The fourth-order valence-corrected chi connectivity index (χ4v) is 4.45. The molecule has 6 heteroatoms. The fraction of sp³-hybridized carbons (Fsp3) is 0.636. The number of rotatable bonds is 6. The summed E-state index contributed by atoms with van der Waals surface area (Å²) in [5.41, 5.74) is 6.95. The Morgan fingerprint density at radius 1 is 1.21 bits per heavy atom. The minimum Gasteiger partial charge on any atom is -0.496 e. The van der Waals surface area contributed by atoms with Gasteiger partial charge in [0, 0.05) is 37.7 Å². The molecule has 2 aliphatic rings. The summed E-state index contributed by atoms with van der Waals surface area (Å²) < 4.78 is 5.59. The molecule has 0 saturated carbocycles. The van der Waals surface area contributed by atoms with Crippen molar-refractivity contribution in [2.24, 2.45) is 11.7 Å². The van der Waals surface area contributed by atoms with Gasteiger partial charge < -0.3 is 20.3 Å². The highest BCUT2D eigenvalue weighted by Crippen LogP contribution is 2.41. The molecule has 0 spiro atoms. The maximum atomic E-state index is 13.5. The molecule has 3 rings (SSSR count). The van der Waals surface area contributed by atoms with Crippen LogP contribution in [0, 0.1) is 5.92 Å². The number of hydrogen-bond donors (Lipinski definition) is 1. The van der Waals surface area contributed by atoms with Gasteiger partial charge in [0.1, 0.15) is 5.75 Å². The molecule has 2 saturated heterocycles. The predicted molar refractivity (Wildman–Crippen MR) is 109 cm³/mol. The van der Waals surface area contributed by atoms with E-state index in [0.717, 1.165) is 37.0 Å². The van der Waals surface area contributed by atoms with Crippen LogP contribution in [-0.2, 0) is 9.59 Å². The first-order chi connectivity index (χ1) is 13.6. The zero-order chi connectivity index (χ0) is 20.1. The molecular weight excluding hydrogens is 354 g/mol. The molecule has 2 unspecified atom stereocenters. The molecule has 0 radical (unpaired) electrons. The van der Waals surface area contributed by atoms with E-state index in [1.165, 1.54) is 0 Å². The summed E-state index contributed by atoms with van der Waals surface area (Å²) in [6.07, 6.45) is 4.64. The standard InChI is InChI=1S/C22H33N3O3/c1-3-4-13-25-20(26)10-9-18(22(27)24-14-11-16(23)12-15-24)21(25)17-7-5-6-8-19(17)28-2/h5-8,16,18,21H,3-4,9-15,23H2,1-2H3. The minimum absolute atomic E-state index is 0.133. The normalized spacial score (nSPS) is 23.8. The SMILES string of the molecule is CCCCN1C(=O)CCC(C(=O)N2CCC(N)CC2)C1c1ccccc1OC. The van der Waals surface area contributed by atoms with E-state index in [0.29, 0.717) is 32.5 Å². The highest BCUT2D eigenvalue weighted by Gasteiger charge is 2.43. The molecule has 2 aliphatic heterocycles. The van der Waals surface area contributed by atoms with Gasteiger partial charge in [0.2, 0.25) is 11.8 Å². The van der Waals surface area contributed by atoms with E-state index >= 15 is 0 Å². The van der Waals surface area contributed by atoms with Crippen molar-refractivity contribution >= 4 is 11.8 Å². The number of amides is 2. The average molecular weight is 388 g/mol. The molecule has 1 aromatic rings. The van der Waals surface area contributed by atoms with Crippen LogP contribution in [0.5, 0.6) is 5.75 Å². The Bertz CT molecular complexity index is 685. The number of methoxy groups -OCH3 is 1. The number of nitrogens with zero attached hydrogens (tertiary/aromatic N) is 2. The Balaban J connectivity index is 1.94. The van der Waals surface area contributed by atoms with Crippen LogP contribution in [0.1, 0.15) is 57.1 Å². The Hall–Kier alpha value is -2.08. The first kappa shape index (κ1) is 20.6. The van der Waals surface area contributed by atoms with Crippen molar-refractivity contribution in [1.29, 1.82) is 0 Å². The van der Waals surface area contributed by atoms with Gasteiger partial charge in [-0.3, -0.25) is 9.59 Å². The zero-order valence-electron chi connectivity index (χ0n) is 17.1. The Kier molecular flexibility index (Phi) is 6.94. The predicted octanol–water partition coefficient (Wildman–Crippen LogP) is 2.72. The third kappa shape index (κ3) is 4.32. The van der Waals surface area contributed by atoms with E-state index in [1.54, 1.807) is 7.11 Å². The Labute approximate surface area is 168 Å². The number of ether oxygens (including phenoxy) is 1. The topological polar surface area (TPSA) is 75.9 Å². The van der Waals surface area contributed by atoms with Crippen LogP contribution >= 0.6 is 0 Å². The van der Waals surface area contributed by atoms with E-state index in [2.05, 4.69) is 6.92 Å². The van der Waals surface area contributed by atoms with Crippen LogP contribution in [0.25, 0.3) is 0 Å². The molecule has 2 atom stereocenters. The highest BCUT2D eigenvalue weighted by atomic mass is 16.5. The van der Waals surface area contributed by atoms with Gasteiger partial charge in [-0.05, 0) is 31.7 Å². The summed E-state index contributed by atoms with van der Waals surface area (Å²) in [7, 11) is 1.64. The maximum absolute atomic E-state index is 13.5. The van der Waals surface area contributed by atoms with Crippen molar-refractivity contribution in [1.82, 2.24) is 9.80 Å². The summed E-state index contributed by atoms with van der Waals surface area (Å²) >= 11 is 0. The first-order valence-corrected chi connectivity index (χ1v) is 10.5. The molecule has 2 amide bonds. The molecule has 0 bridgehead atoms. The lowest BCUT2D eigenvalue weighted by molar-refractivity contribution is -0.148. The lowest BCUT2D eigenvalue weighted by Crippen LogP contribution is -2.51. The Morgan fingerprint density at radius 3 is 2.61 bits per heavy atom. The third-order valence-corrected chi connectivity index (χ3v) is 6.09. The van der Waals surface area contributed by atoms with Crippen molar-refractivity contribution in [2.75, 3.05) is 26.7 Å². The number of carbonyl (C=O) groups is 2. The number of hydrogen-bond acceptors (Lipinski definition) is 4. The molecular formula is C22H33N3O3. The van der Waals surface area contributed by atoms with Gasteiger partial charge in [-0.15, -0.1) is 0 Å². The number of piperidine rings is 2. The summed E-state index contributed by atoms with van der Waals surface area (Å²) in [6, 6.07) is 7.69. The van der Waals surface area contributed by atoms with Crippen molar-refractivity contribution in [3.05, 3.63) is 29.8 Å². The lowest BCUT2D eigenvalue weighted by atomic mass is 9.82. The second-order valence-electron chi connectivity index (χ2n) is 7.94. The first-order valence-electron chi connectivity index (χ1n) is 10.5.